The second-order valence-electron chi connectivity index (χ2n) is 1.02. The zero-order chi connectivity index (χ0) is 6.24. The third-order valence-electron chi connectivity index (χ3n) is 0.566. The van der Waals surface area contributed by atoms with Gasteiger partial charge in [-0.2, -0.15) is 0 Å². The second-order valence-corrected chi connectivity index (χ2v) is 1.02. The Kier molecular flexibility index (Phi) is 6.24. The highest BCUT2D eigenvalue weighted by Crippen LogP contribution is 1.73. The zero-order valence-corrected chi connectivity index (χ0v) is 9.33. The maximum Gasteiger partial charge on any atom is 0.0267 e. The summed E-state index contributed by atoms with van der Waals surface area (Å²) in [6.07, 6.45) is 3.50. The molecule has 0 amide bonds. The van der Waals surface area contributed by atoms with Gasteiger partial charge in [-0.25, -0.2) is 0 Å². The summed E-state index contributed by atoms with van der Waals surface area (Å²) in [5.74, 6) is 0. The molecule has 1 rings (SSSR count). The first-order chi connectivity index (χ1) is 4.00. The third kappa shape index (κ3) is 3.76. The molecule has 3 heteroatoms. The van der Waals surface area contributed by atoms with Gasteiger partial charge in [-0.1, -0.05) is 6.07 Å². The highest BCUT2D eigenvalue weighted by molar-refractivity contribution is 6.75. The van der Waals surface area contributed by atoms with Crippen LogP contribution in [0.25, 0.3) is 0 Å². The molecule has 0 aliphatic carbocycles. The first-order valence-corrected chi connectivity index (χ1v) is 10.8. The van der Waals surface area contributed by atoms with Crippen molar-refractivity contribution in [1.29, 1.82) is 0 Å². The fourth-order valence-corrected chi connectivity index (χ4v) is 0.313. The van der Waals surface area contributed by atoms with E-state index < -0.39 is 0 Å². The van der Waals surface area contributed by atoms with Gasteiger partial charge in [0.05, 0.1) is 0 Å². The van der Waals surface area contributed by atoms with E-state index in [4.69, 9.17) is 0 Å². The Balaban J connectivity index is 0.000000222. The lowest BCUT2D eigenvalue weighted by molar-refractivity contribution is 1.33. The molecule has 1 nitrogen and oxygen atoms in total. The minimum absolute atomic E-state index is 1.44. The van der Waals surface area contributed by atoms with Crippen LogP contribution in [0.5, 0.6) is 0 Å². The van der Waals surface area contributed by atoms with Crippen LogP contribution in [0.1, 0.15) is 0 Å². The van der Waals surface area contributed by atoms with Gasteiger partial charge in [0.2, 0.25) is 0 Å². The Labute approximate surface area is 55.8 Å². The molecule has 0 radical (unpaired) electrons. The highest BCUT2D eigenvalue weighted by Gasteiger charge is 1.58. The van der Waals surface area contributed by atoms with Gasteiger partial charge in [0.1, 0.15) is 0 Å². The van der Waals surface area contributed by atoms with Gasteiger partial charge in [-0.3, -0.25) is 4.98 Å². The maximum absolute atomic E-state index is 3.78. The maximum atomic E-state index is 3.78. The molecule has 0 bridgehead atoms. The molecular weight excluding hydrogens is 130 g/mol. The van der Waals surface area contributed by atoms with Crippen molar-refractivity contribution in [2.45, 2.75) is 0 Å². The molecule has 0 atom stereocenters. The second kappa shape index (κ2) is 6.58. The van der Waals surface area contributed by atoms with Crippen molar-refractivity contribution in [3.63, 3.8) is 0 Å². The average molecular weight is 141 g/mol. The van der Waals surface area contributed by atoms with Gasteiger partial charge in [-0.05, 0) is 31.7 Å². The van der Waals surface area contributed by atoms with E-state index in [0.717, 1.165) is 0 Å². The molecule has 8 heavy (non-hydrogen) atoms. The fourth-order valence-electron chi connectivity index (χ4n) is 0.313. The van der Waals surface area contributed by atoms with Gasteiger partial charge < -0.3 is 0 Å². The summed E-state index contributed by atoms with van der Waals surface area (Å²) >= 11 is 0. The molecule has 0 spiro atoms. The van der Waals surface area contributed by atoms with Crippen LogP contribution in [0.3, 0.4) is 0 Å². The number of hydrogen-bond acceptors (Lipinski definition) is 1. The largest absolute Gasteiger partial charge is 0.265 e. The lowest BCUT2D eigenvalue weighted by atomic mass is 10.5. The fraction of sp³-hybridized carbons (Fsp3) is 0. The molecule has 0 fully saturated rings. The summed E-state index contributed by atoms with van der Waals surface area (Å²) in [6, 6.07) is 5.72. The topological polar surface area (TPSA) is 12.9 Å². The van der Waals surface area contributed by atoms with Crippen LogP contribution in [-0.2, 0) is 0 Å². The van der Waals surface area contributed by atoms with Crippen molar-refractivity contribution < 1.29 is 0 Å². The standard InChI is InChI=1S/C5H5N.H6Si2/c1-2-4-6-5-3-1;1-2/h1-5H;1-2H3. The summed E-state index contributed by atoms with van der Waals surface area (Å²) in [5, 5.41) is 0. The first kappa shape index (κ1) is 7.58. The summed E-state index contributed by atoms with van der Waals surface area (Å²) in [5.41, 5.74) is 0. The van der Waals surface area contributed by atoms with Crippen molar-refractivity contribution in [3.8, 4) is 0 Å². The molecule has 0 aliphatic heterocycles. The van der Waals surface area contributed by atoms with E-state index in [0.29, 0.717) is 0 Å². The number of nitrogens with zero attached hydrogens (tertiary/aromatic N) is 1. The smallest absolute Gasteiger partial charge is 0.0267 e. The van der Waals surface area contributed by atoms with E-state index in [2.05, 4.69) is 4.98 Å². The number of pyridine rings is 1. The van der Waals surface area contributed by atoms with Gasteiger partial charge in [0.15, 0.2) is 0 Å². The molecule has 0 aliphatic rings. The normalized spacial score (nSPS) is 7.50. The molecule has 0 unspecified atom stereocenters. The molecule has 1 heterocycles. The van der Waals surface area contributed by atoms with Crippen LogP contribution in [0, 0.1) is 0 Å². The van der Waals surface area contributed by atoms with Gasteiger partial charge in [0.25, 0.3) is 0 Å². The Morgan fingerprint density at radius 3 is 1.50 bits per heavy atom. The quantitative estimate of drug-likeness (QED) is 0.410. The lowest BCUT2D eigenvalue weighted by Gasteiger charge is -1.70. The van der Waals surface area contributed by atoms with Crippen molar-refractivity contribution in [3.05, 3.63) is 30.6 Å². The van der Waals surface area contributed by atoms with Gasteiger partial charge in [-0.15, -0.1) is 0 Å². The van der Waals surface area contributed by atoms with E-state index >= 15 is 0 Å². The van der Waals surface area contributed by atoms with Crippen LogP contribution in [-0.4, -0.2) is 24.5 Å². The van der Waals surface area contributed by atoms with Crippen LogP contribution in [0.4, 0.5) is 0 Å². The molecule has 1 aromatic rings. The monoisotopic (exact) mass is 141 g/mol. The van der Waals surface area contributed by atoms with E-state index in [1.807, 2.05) is 18.2 Å². The molecule has 0 saturated carbocycles. The average Bonchev–Trinajstić information content (AvgIpc) is 1.96. The number of rotatable bonds is 0. The molecule has 0 saturated heterocycles. The van der Waals surface area contributed by atoms with E-state index in [9.17, 15) is 0 Å². The molecule has 1 aromatic heterocycles. The van der Waals surface area contributed by atoms with E-state index in [-0.39, 0.29) is 0 Å². The number of aromatic nitrogens is 1. The van der Waals surface area contributed by atoms with Crippen molar-refractivity contribution >= 4 is 19.5 Å². The Morgan fingerprint density at radius 1 is 0.875 bits per heavy atom. The van der Waals surface area contributed by atoms with Crippen molar-refractivity contribution in [1.82, 2.24) is 4.98 Å². The van der Waals surface area contributed by atoms with Crippen LogP contribution < -0.4 is 0 Å². The predicted molar refractivity (Wildman–Crippen MR) is 44.1 cm³/mol. The first-order valence-electron chi connectivity index (χ1n) is 2.85. The summed E-state index contributed by atoms with van der Waals surface area (Å²) in [6.45, 7) is 0. The minimum atomic E-state index is 1.44. The molecule has 0 N–H and O–H groups in total. The van der Waals surface area contributed by atoms with Crippen molar-refractivity contribution in [2.24, 2.45) is 0 Å². The Morgan fingerprint density at radius 2 is 1.38 bits per heavy atom. The predicted octanol–water partition coefficient (Wildman–Crippen LogP) is -1.29. The summed E-state index contributed by atoms with van der Waals surface area (Å²) < 4.78 is 0. The highest BCUT2D eigenvalue weighted by atomic mass is 29.1. The molecular formula is C5H11NSi2. The Hall–Kier alpha value is -0.416. The molecule has 0 aromatic carbocycles. The molecule has 44 valence electrons. The van der Waals surface area contributed by atoms with E-state index in [1.54, 1.807) is 12.4 Å². The van der Waals surface area contributed by atoms with Crippen molar-refractivity contribution in [2.75, 3.05) is 0 Å². The van der Waals surface area contributed by atoms with Crippen LogP contribution in [0.15, 0.2) is 30.6 Å². The van der Waals surface area contributed by atoms with Gasteiger partial charge >= 0.3 is 0 Å². The SMILES string of the molecule is [SiH3][SiH3].c1ccncc1. The number of hydrogen-bond donors (Lipinski definition) is 0. The van der Waals surface area contributed by atoms with Crippen LogP contribution >= 0.6 is 0 Å². The minimum Gasteiger partial charge on any atom is -0.265 e. The zero-order valence-electron chi connectivity index (χ0n) is 5.33. The third-order valence-corrected chi connectivity index (χ3v) is 0.566. The Bertz CT molecular complexity index is 82.4. The van der Waals surface area contributed by atoms with Crippen LogP contribution in [0.2, 0.25) is 0 Å². The van der Waals surface area contributed by atoms with Gasteiger partial charge in [0, 0.05) is 12.4 Å². The van der Waals surface area contributed by atoms with E-state index in [1.165, 1.54) is 19.5 Å². The lowest BCUT2D eigenvalue weighted by Crippen LogP contribution is -1.58. The summed E-state index contributed by atoms with van der Waals surface area (Å²) in [4.78, 5) is 3.78. The summed E-state index contributed by atoms with van der Waals surface area (Å²) in [7, 11) is 2.89.